The van der Waals surface area contributed by atoms with Crippen molar-refractivity contribution in [1.82, 2.24) is 10.0 Å². The highest BCUT2D eigenvalue weighted by molar-refractivity contribution is 7.89. The molecular formula is C22H28N2O5S. The van der Waals surface area contributed by atoms with Crippen LogP contribution in [-0.4, -0.2) is 39.5 Å². The molecule has 2 N–H and O–H groups in total. The molecule has 1 aliphatic rings. The Hall–Kier alpha value is -2.45. The second kappa shape index (κ2) is 10.0. The SMILES string of the molecule is CC1CCC(NC(=O)COC(=O)CCNS(=O)(=O)c2ccc3ccccc3c2)CC1. The fourth-order valence-corrected chi connectivity index (χ4v) is 4.66. The van der Waals surface area contributed by atoms with Crippen LogP contribution in [0.2, 0.25) is 0 Å². The van der Waals surface area contributed by atoms with Gasteiger partial charge in [-0.15, -0.1) is 0 Å². The predicted octanol–water partition coefficient (Wildman–Crippen LogP) is 2.75. The first kappa shape index (κ1) is 22.2. The van der Waals surface area contributed by atoms with Gasteiger partial charge in [0, 0.05) is 12.6 Å². The third-order valence-electron chi connectivity index (χ3n) is 5.40. The predicted molar refractivity (Wildman–Crippen MR) is 114 cm³/mol. The van der Waals surface area contributed by atoms with E-state index < -0.39 is 16.0 Å². The smallest absolute Gasteiger partial charge is 0.307 e. The molecule has 2 aromatic carbocycles. The summed E-state index contributed by atoms with van der Waals surface area (Å²) in [5.74, 6) is -0.252. The summed E-state index contributed by atoms with van der Waals surface area (Å²) in [6.07, 6.45) is 3.90. The molecule has 3 rings (SSSR count). The number of esters is 1. The Bertz CT molecular complexity index is 998. The summed E-state index contributed by atoms with van der Waals surface area (Å²) >= 11 is 0. The third-order valence-corrected chi connectivity index (χ3v) is 6.86. The van der Waals surface area contributed by atoms with Crippen molar-refractivity contribution in [3.05, 3.63) is 42.5 Å². The first-order chi connectivity index (χ1) is 14.3. The maximum atomic E-state index is 12.4. The van der Waals surface area contributed by atoms with E-state index in [4.69, 9.17) is 4.74 Å². The van der Waals surface area contributed by atoms with E-state index >= 15 is 0 Å². The fraction of sp³-hybridized carbons (Fsp3) is 0.455. The van der Waals surface area contributed by atoms with Crippen molar-refractivity contribution >= 4 is 32.7 Å². The Morgan fingerprint density at radius 2 is 1.73 bits per heavy atom. The summed E-state index contributed by atoms with van der Waals surface area (Å²) < 4.78 is 32.2. The molecule has 0 unspecified atom stereocenters. The van der Waals surface area contributed by atoms with Crippen LogP contribution in [0, 0.1) is 5.92 Å². The van der Waals surface area contributed by atoms with Gasteiger partial charge in [-0.05, 0) is 54.5 Å². The van der Waals surface area contributed by atoms with Crippen LogP contribution in [0.25, 0.3) is 10.8 Å². The number of rotatable bonds is 8. The van der Waals surface area contributed by atoms with Crippen molar-refractivity contribution in [2.75, 3.05) is 13.2 Å². The van der Waals surface area contributed by atoms with Gasteiger partial charge in [-0.3, -0.25) is 9.59 Å². The van der Waals surface area contributed by atoms with Crippen molar-refractivity contribution in [2.45, 2.75) is 50.0 Å². The zero-order chi connectivity index (χ0) is 21.6. The summed E-state index contributed by atoms with van der Waals surface area (Å²) in [6, 6.07) is 12.5. The summed E-state index contributed by atoms with van der Waals surface area (Å²) in [5, 5.41) is 4.65. The Morgan fingerprint density at radius 1 is 1.03 bits per heavy atom. The van der Waals surface area contributed by atoms with Gasteiger partial charge in [-0.1, -0.05) is 37.3 Å². The molecule has 1 fully saturated rings. The van der Waals surface area contributed by atoms with Crippen LogP contribution in [-0.2, 0) is 24.3 Å². The summed E-state index contributed by atoms with van der Waals surface area (Å²) in [4.78, 5) is 23.9. The van der Waals surface area contributed by atoms with Crippen LogP contribution in [0.4, 0.5) is 0 Å². The van der Waals surface area contributed by atoms with Crippen molar-refractivity contribution in [3.8, 4) is 0 Å². The molecule has 0 bridgehead atoms. The van der Waals surface area contributed by atoms with Gasteiger partial charge in [-0.25, -0.2) is 13.1 Å². The van der Waals surface area contributed by atoms with Gasteiger partial charge in [0.15, 0.2) is 6.61 Å². The van der Waals surface area contributed by atoms with E-state index in [2.05, 4.69) is 17.0 Å². The van der Waals surface area contributed by atoms with Gasteiger partial charge in [0.25, 0.3) is 5.91 Å². The number of nitrogens with one attached hydrogen (secondary N) is 2. The Labute approximate surface area is 177 Å². The normalized spacial score (nSPS) is 19.4. The molecule has 8 heteroatoms. The standard InChI is InChI=1S/C22H28N2O5S/c1-16-6-9-19(10-7-16)24-21(25)15-29-22(26)12-13-23-30(27,28)20-11-8-17-4-2-3-5-18(17)14-20/h2-5,8,11,14,16,19,23H,6-7,9-10,12-13,15H2,1H3,(H,24,25). The highest BCUT2D eigenvalue weighted by Crippen LogP contribution is 2.23. The highest BCUT2D eigenvalue weighted by Gasteiger charge is 2.20. The van der Waals surface area contributed by atoms with E-state index in [-0.39, 0.29) is 36.4 Å². The number of hydrogen-bond acceptors (Lipinski definition) is 5. The zero-order valence-electron chi connectivity index (χ0n) is 17.1. The zero-order valence-corrected chi connectivity index (χ0v) is 17.9. The van der Waals surface area contributed by atoms with Crippen LogP contribution in [0.3, 0.4) is 0 Å². The van der Waals surface area contributed by atoms with Crippen LogP contribution in [0.1, 0.15) is 39.0 Å². The number of ether oxygens (including phenoxy) is 1. The van der Waals surface area contributed by atoms with E-state index in [1.807, 2.05) is 24.3 Å². The molecule has 7 nitrogen and oxygen atoms in total. The number of fused-ring (bicyclic) bond motifs is 1. The first-order valence-electron chi connectivity index (χ1n) is 10.3. The largest absolute Gasteiger partial charge is 0.456 e. The number of carbonyl (C=O) groups excluding carboxylic acids is 2. The molecule has 1 amide bonds. The third kappa shape index (κ3) is 6.27. The maximum absolute atomic E-state index is 12.4. The molecule has 0 heterocycles. The molecular weight excluding hydrogens is 404 g/mol. The summed E-state index contributed by atoms with van der Waals surface area (Å²) in [7, 11) is -3.74. The maximum Gasteiger partial charge on any atom is 0.307 e. The van der Waals surface area contributed by atoms with E-state index in [0.29, 0.717) is 5.92 Å². The van der Waals surface area contributed by atoms with E-state index in [9.17, 15) is 18.0 Å². The molecule has 1 aliphatic carbocycles. The lowest BCUT2D eigenvalue weighted by Gasteiger charge is -2.26. The molecule has 0 atom stereocenters. The Balaban J connectivity index is 1.40. The lowest BCUT2D eigenvalue weighted by atomic mass is 9.87. The summed E-state index contributed by atoms with van der Waals surface area (Å²) in [5.41, 5.74) is 0. The first-order valence-corrected chi connectivity index (χ1v) is 11.8. The topological polar surface area (TPSA) is 102 Å². The average Bonchev–Trinajstić information content (AvgIpc) is 2.73. The van der Waals surface area contributed by atoms with E-state index in [0.717, 1.165) is 36.5 Å². The van der Waals surface area contributed by atoms with Gasteiger partial charge in [0.2, 0.25) is 10.0 Å². The monoisotopic (exact) mass is 432 g/mol. The van der Waals surface area contributed by atoms with Crippen molar-refractivity contribution < 1.29 is 22.7 Å². The van der Waals surface area contributed by atoms with Gasteiger partial charge in [0.05, 0.1) is 11.3 Å². The number of carbonyl (C=O) groups is 2. The molecule has 0 aliphatic heterocycles. The Morgan fingerprint density at radius 3 is 2.47 bits per heavy atom. The lowest BCUT2D eigenvalue weighted by Crippen LogP contribution is -2.39. The van der Waals surface area contributed by atoms with Crippen molar-refractivity contribution in [1.29, 1.82) is 0 Å². The second-order valence-electron chi connectivity index (χ2n) is 7.84. The Kier molecular flexibility index (Phi) is 7.44. The highest BCUT2D eigenvalue weighted by atomic mass is 32.2. The second-order valence-corrected chi connectivity index (χ2v) is 9.61. The molecule has 2 aromatic rings. The number of sulfonamides is 1. The summed E-state index contributed by atoms with van der Waals surface area (Å²) in [6.45, 7) is 1.76. The van der Waals surface area contributed by atoms with Gasteiger partial charge >= 0.3 is 5.97 Å². The van der Waals surface area contributed by atoms with E-state index in [1.165, 1.54) is 6.07 Å². The van der Waals surface area contributed by atoms with E-state index in [1.54, 1.807) is 12.1 Å². The minimum Gasteiger partial charge on any atom is -0.456 e. The van der Waals surface area contributed by atoms with Gasteiger partial charge in [0.1, 0.15) is 0 Å². The molecule has 162 valence electrons. The average molecular weight is 433 g/mol. The molecule has 30 heavy (non-hydrogen) atoms. The molecule has 0 saturated heterocycles. The number of benzene rings is 2. The number of amides is 1. The van der Waals surface area contributed by atoms with Crippen LogP contribution in [0.15, 0.2) is 47.4 Å². The van der Waals surface area contributed by atoms with Crippen LogP contribution in [0.5, 0.6) is 0 Å². The molecule has 0 aromatic heterocycles. The number of hydrogen-bond donors (Lipinski definition) is 2. The molecule has 1 saturated carbocycles. The van der Waals surface area contributed by atoms with Crippen molar-refractivity contribution in [2.24, 2.45) is 5.92 Å². The van der Waals surface area contributed by atoms with Gasteiger partial charge < -0.3 is 10.1 Å². The van der Waals surface area contributed by atoms with Gasteiger partial charge in [-0.2, -0.15) is 0 Å². The lowest BCUT2D eigenvalue weighted by molar-refractivity contribution is -0.148. The van der Waals surface area contributed by atoms with Crippen LogP contribution >= 0.6 is 0 Å². The molecule has 0 spiro atoms. The quantitative estimate of drug-likeness (QED) is 0.625. The van der Waals surface area contributed by atoms with Crippen LogP contribution < -0.4 is 10.0 Å². The minimum atomic E-state index is -3.74. The minimum absolute atomic E-state index is 0.101. The van der Waals surface area contributed by atoms with Crippen molar-refractivity contribution in [3.63, 3.8) is 0 Å². The molecule has 0 radical (unpaired) electrons. The fourth-order valence-electron chi connectivity index (χ4n) is 3.60.